The number of benzene rings is 3. The summed E-state index contributed by atoms with van der Waals surface area (Å²) in [4.78, 5) is 41.8. The van der Waals surface area contributed by atoms with Crippen LogP contribution < -0.4 is 20.7 Å². The molecule has 0 saturated carbocycles. The largest absolute Gasteiger partial charge is 0.495 e. The molecule has 0 unspecified atom stereocenters. The van der Waals surface area contributed by atoms with Crippen molar-refractivity contribution in [3.05, 3.63) is 102 Å². The van der Waals surface area contributed by atoms with Crippen LogP contribution in [0.2, 0.25) is 0 Å². The lowest BCUT2D eigenvalue weighted by atomic mass is 9.92. The molecule has 5 rings (SSSR count). The van der Waals surface area contributed by atoms with Crippen LogP contribution >= 0.6 is 0 Å². The summed E-state index contributed by atoms with van der Waals surface area (Å²) in [5.41, 5.74) is 4.37. The maximum absolute atomic E-state index is 13.1. The fourth-order valence-corrected chi connectivity index (χ4v) is 4.63. The monoisotopic (exact) mass is 608 g/mol. The number of rotatable bonds is 9. The number of hydrogen-bond donors (Lipinski definition) is 3. The zero-order chi connectivity index (χ0) is 32.1. The zero-order valence-corrected chi connectivity index (χ0v) is 25.3. The first-order chi connectivity index (χ1) is 21.5. The van der Waals surface area contributed by atoms with Crippen LogP contribution in [0.3, 0.4) is 0 Å². The van der Waals surface area contributed by atoms with Gasteiger partial charge in [-0.3, -0.25) is 19.7 Å². The Labute approximate surface area is 259 Å². The number of fused-ring (bicyclic) bond motifs is 1. The van der Waals surface area contributed by atoms with Gasteiger partial charge in [-0.2, -0.15) is 4.98 Å². The van der Waals surface area contributed by atoms with Crippen LogP contribution in [0, 0.1) is 11.2 Å². The topological polar surface area (TPSA) is 127 Å². The lowest BCUT2D eigenvalue weighted by Crippen LogP contribution is -2.33. The van der Waals surface area contributed by atoms with Crippen molar-refractivity contribution in [2.24, 2.45) is 5.41 Å². The number of amides is 3. The molecule has 0 atom stereocenters. The Bertz CT molecular complexity index is 1860. The number of nitrogens with one attached hydrogen (secondary N) is 3. The highest BCUT2D eigenvalue weighted by molar-refractivity contribution is 6.05. The van der Waals surface area contributed by atoms with Gasteiger partial charge in [0.1, 0.15) is 11.6 Å². The number of anilines is 3. The van der Waals surface area contributed by atoms with Gasteiger partial charge in [0.2, 0.25) is 17.8 Å². The van der Waals surface area contributed by atoms with Gasteiger partial charge in [-0.1, -0.05) is 45.0 Å². The molecule has 3 aromatic carbocycles. The minimum Gasteiger partial charge on any atom is -0.495 e. The molecule has 45 heavy (non-hydrogen) atoms. The number of nitrogens with zero attached hydrogens (tertiary/aromatic N) is 3. The predicted octanol–water partition coefficient (Wildman–Crippen LogP) is 6.16. The third-order valence-corrected chi connectivity index (χ3v) is 6.76. The number of imide groups is 1. The van der Waals surface area contributed by atoms with Gasteiger partial charge in [-0.25, -0.2) is 8.91 Å². The first-order valence-corrected chi connectivity index (χ1v) is 14.3. The SMILES string of the molecule is COc1cc(C(=O)NC(=O)CC(C)(C)C)ccc1Nc1nc2ccc(-c3ccc(NC(=O)Cc4ccc(F)cc4)cc3)cn2n1. The highest BCUT2D eigenvalue weighted by Gasteiger charge is 2.19. The van der Waals surface area contributed by atoms with Crippen molar-refractivity contribution in [3.63, 3.8) is 0 Å². The molecule has 0 fully saturated rings. The van der Waals surface area contributed by atoms with E-state index in [1.807, 2.05) is 63.4 Å². The van der Waals surface area contributed by atoms with Gasteiger partial charge in [-0.15, -0.1) is 5.10 Å². The first kappa shape index (κ1) is 30.9. The van der Waals surface area contributed by atoms with Gasteiger partial charge < -0.3 is 15.4 Å². The lowest BCUT2D eigenvalue weighted by molar-refractivity contribution is -0.121. The molecule has 0 saturated heterocycles. The molecule has 11 heteroatoms. The second kappa shape index (κ2) is 13.0. The molecule has 0 spiro atoms. The Morgan fingerprint density at radius 3 is 2.29 bits per heavy atom. The van der Waals surface area contributed by atoms with Gasteiger partial charge >= 0.3 is 0 Å². The molecule has 2 heterocycles. The van der Waals surface area contributed by atoms with Crippen LogP contribution in [0.15, 0.2) is 85.1 Å². The number of halogens is 1. The Morgan fingerprint density at radius 2 is 1.60 bits per heavy atom. The molecule has 3 N–H and O–H groups in total. The summed E-state index contributed by atoms with van der Waals surface area (Å²) in [6, 6.07) is 21.8. The number of carbonyl (C=O) groups is 3. The number of methoxy groups -OCH3 is 1. The standard InChI is InChI=1S/C34H33FN6O4/c1-34(2,3)19-31(43)39-32(44)23-9-15-27(28(18-23)45-4)37-33-38-29-16-10-24(20-41(29)40-33)22-7-13-26(14-8-22)36-30(42)17-21-5-11-25(35)12-6-21/h5-16,18,20H,17,19H2,1-4H3,(H,36,42)(H,37,40)(H,39,43,44). The minimum absolute atomic E-state index is 0.144. The van der Waals surface area contributed by atoms with Gasteiger partial charge in [0.25, 0.3) is 5.91 Å². The Kier molecular flexibility index (Phi) is 8.89. The van der Waals surface area contributed by atoms with Gasteiger partial charge in [-0.05, 0) is 71.1 Å². The number of pyridine rings is 1. The normalized spacial score (nSPS) is 11.2. The molecule has 2 aromatic heterocycles. The summed E-state index contributed by atoms with van der Waals surface area (Å²) in [6.45, 7) is 5.78. The van der Waals surface area contributed by atoms with Crippen molar-refractivity contribution in [1.29, 1.82) is 0 Å². The number of carbonyl (C=O) groups excluding carboxylic acids is 3. The number of hydrogen-bond acceptors (Lipinski definition) is 7. The molecule has 10 nitrogen and oxygen atoms in total. The second-order valence-electron chi connectivity index (χ2n) is 11.7. The average Bonchev–Trinajstić information content (AvgIpc) is 3.39. The summed E-state index contributed by atoms with van der Waals surface area (Å²) < 4.78 is 20.2. The van der Waals surface area contributed by atoms with Crippen molar-refractivity contribution in [2.75, 3.05) is 17.7 Å². The fraction of sp³-hybridized carbons (Fsp3) is 0.206. The third-order valence-electron chi connectivity index (χ3n) is 6.76. The van der Waals surface area contributed by atoms with E-state index in [-0.39, 0.29) is 41.5 Å². The summed E-state index contributed by atoms with van der Waals surface area (Å²) >= 11 is 0. The summed E-state index contributed by atoms with van der Waals surface area (Å²) in [6.07, 6.45) is 2.21. The van der Waals surface area contributed by atoms with E-state index in [1.54, 1.807) is 34.8 Å². The van der Waals surface area contributed by atoms with E-state index in [4.69, 9.17) is 4.74 Å². The Hall–Kier alpha value is -5.58. The maximum Gasteiger partial charge on any atom is 0.257 e. The van der Waals surface area contributed by atoms with E-state index in [0.29, 0.717) is 28.7 Å². The number of ether oxygens (including phenoxy) is 1. The van der Waals surface area contributed by atoms with E-state index in [0.717, 1.165) is 16.7 Å². The van der Waals surface area contributed by atoms with Crippen LogP contribution in [0.4, 0.5) is 21.7 Å². The van der Waals surface area contributed by atoms with Crippen LogP contribution in [0.1, 0.15) is 43.1 Å². The highest BCUT2D eigenvalue weighted by atomic mass is 19.1. The molecule has 0 aliphatic carbocycles. The molecule has 5 aromatic rings. The lowest BCUT2D eigenvalue weighted by Gasteiger charge is -2.17. The molecule has 0 aliphatic heterocycles. The van der Waals surface area contributed by atoms with Crippen molar-refractivity contribution in [1.82, 2.24) is 19.9 Å². The van der Waals surface area contributed by atoms with E-state index in [1.165, 1.54) is 19.2 Å². The summed E-state index contributed by atoms with van der Waals surface area (Å²) in [5.74, 6) is -0.682. The third kappa shape index (κ3) is 8.08. The smallest absolute Gasteiger partial charge is 0.257 e. The maximum atomic E-state index is 13.1. The van der Waals surface area contributed by atoms with E-state index in [2.05, 4.69) is 26.0 Å². The molecule has 0 radical (unpaired) electrons. The van der Waals surface area contributed by atoms with Crippen LogP contribution in [-0.2, 0) is 16.0 Å². The molecule has 230 valence electrons. The summed E-state index contributed by atoms with van der Waals surface area (Å²) in [7, 11) is 1.48. The molecule has 0 bridgehead atoms. The molecular formula is C34H33FN6O4. The van der Waals surface area contributed by atoms with Crippen LogP contribution in [-0.4, -0.2) is 39.4 Å². The van der Waals surface area contributed by atoms with Crippen molar-refractivity contribution < 1.29 is 23.5 Å². The van der Waals surface area contributed by atoms with E-state index < -0.39 is 5.91 Å². The van der Waals surface area contributed by atoms with Gasteiger partial charge in [0.05, 0.1) is 19.2 Å². The second-order valence-corrected chi connectivity index (χ2v) is 11.7. The zero-order valence-electron chi connectivity index (χ0n) is 25.3. The van der Waals surface area contributed by atoms with E-state index >= 15 is 0 Å². The van der Waals surface area contributed by atoms with Crippen LogP contribution in [0.5, 0.6) is 5.75 Å². The quantitative estimate of drug-likeness (QED) is 0.183. The average molecular weight is 609 g/mol. The van der Waals surface area contributed by atoms with Gasteiger partial charge in [0.15, 0.2) is 5.65 Å². The molecule has 0 aliphatic rings. The number of aromatic nitrogens is 3. The molecule has 3 amide bonds. The fourth-order valence-electron chi connectivity index (χ4n) is 4.63. The van der Waals surface area contributed by atoms with E-state index in [9.17, 15) is 18.8 Å². The Balaban J connectivity index is 1.24. The first-order valence-electron chi connectivity index (χ1n) is 14.3. The molecular weight excluding hydrogens is 575 g/mol. The van der Waals surface area contributed by atoms with Crippen molar-refractivity contribution >= 4 is 40.7 Å². The summed E-state index contributed by atoms with van der Waals surface area (Å²) in [5, 5.41) is 12.9. The highest BCUT2D eigenvalue weighted by Crippen LogP contribution is 2.29. The predicted molar refractivity (Wildman–Crippen MR) is 170 cm³/mol. The van der Waals surface area contributed by atoms with Crippen LogP contribution in [0.25, 0.3) is 16.8 Å². The minimum atomic E-state index is -0.507. The van der Waals surface area contributed by atoms with Gasteiger partial charge in [0, 0.05) is 29.4 Å². The Morgan fingerprint density at radius 1 is 0.889 bits per heavy atom. The van der Waals surface area contributed by atoms with Crippen molar-refractivity contribution in [3.8, 4) is 16.9 Å². The van der Waals surface area contributed by atoms with Crippen molar-refractivity contribution in [2.45, 2.75) is 33.6 Å².